The standard InChI is InChI=1S/C22H24N2O/c1-23-20-6-4-5-17(15-20)14-19-10-9-18(22(19)25)13-16-7-11-21(12-8-16)24(2)3/h4-8,11-15,23H,9-10H2,1-3H3. The van der Waals surface area contributed by atoms with Crippen LogP contribution in [-0.2, 0) is 4.79 Å². The van der Waals surface area contributed by atoms with Crippen molar-refractivity contribution < 1.29 is 4.79 Å². The van der Waals surface area contributed by atoms with Crippen LogP contribution in [0.5, 0.6) is 0 Å². The van der Waals surface area contributed by atoms with Crippen LogP contribution in [0.1, 0.15) is 24.0 Å². The molecule has 0 saturated heterocycles. The molecule has 1 saturated carbocycles. The monoisotopic (exact) mass is 332 g/mol. The van der Waals surface area contributed by atoms with E-state index in [0.717, 1.165) is 46.5 Å². The minimum Gasteiger partial charge on any atom is -0.388 e. The average Bonchev–Trinajstić information content (AvgIpc) is 2.96. The lowest BCUT2D eigenvalue weighted by Gasteiger charge is -2.11. The second-order valence-corrected chi connectivity index (χ2v) is 6.53. The molecule has 0 spiro atoms. The van der Waals surface area contributed by atoms with Gasteiger partial charge in [-0.2, -0.15) is 0 Å². The fraction of sp³-hybridized carbons (Fsp3) is 0.227. The molecular formula is C22H24N2O. The first-order valence-electron chi connectivity index (χ1n) is 8.58. The summed E-state index contributed by atoms with van der Waals surface area (Å²) in [5.41, 5.74) is 6.14. The largest absolute Gasteiger partial charge is 0.388 e. The highest BCUT2D eigenvalue weighted by molar-refractivity contribution is 6.15. The third-order valence-corrected chi connectivity index (χ3v) is 4.51. The minimum atomic E-state index is 0.173. The number of Topliss-reactive ketones (excluding diaryl/α,β-unsaturated/α-hetero) is 1. The topological polar surface area (TPSA) is 32.3 Å². The molecule has 3 heteroatoms. The number of hydrogen-bond donors (Lipinski definition) is 1. The number of allylic oxidation sites excluding steroid dienone is 2. The van der Waals surface area contributed by atoms with Crippen molar-refractivity contribution in [2.45, 2.75) is 12.8 Å². The van der Waals surface area contributed by atoms with E-state index in [-0.39, 0.29) is 5.78 Å². The smallest absolute Gasteiger partial charge is 0.185 e. The molecule has 128 valence electrons. The van der Waals surface area contributed by atoms with Crippen molar-refractivity contribution in [1.29, 1.82) is 0 Å². The first-order chi connectivity index (χ1) is 12.1. The summed E-state index contributed by atoms with van der Waals surface area (Å²) >= 11 is 0. The van der Waals surface area contributed by atoms with Gasteiger partial charge in [0.25, 0.3) is 0 Å². The molecule has 0 atom stereocenters. The van der Waals surface area contributed by atoms with Crippen molar-refractivity contribution in [3.63, 3.8) is 0 Å². The Morgan fingerprint density at radius 3 is 2.16 bits per heavy atom. The quantitative estimate of drug-likeness (QED) is 0.829. The normalized spacial score (nSPS) is 17.3. The summed E-state index contributed by atoms with van der Waals surface area (Å²) in [4.78, 5) is 14.8. The van der Waals surface area contributed by atoms with Crippen molar-refractivity contribution >= 4 is 29.3 Å². The highest BCUT2D eigenvalue weighted by Gasteiger charge is 2.22. The van der Waals surface area contributed by atoms with Gasteiger partial charge in [0.2, 0.25) is 0 Å². The van der Waals surface area contributed by atoms with Crippen LogP contribution in [0.4, 0.5) is 11.4 Å². The SMILES string of the molecule is CNc1cccc(C=C2CCC(=Cc3ccc(N(C)C)cc3)C2=O)c1. The average molecular weight is 332 g/mol. The van der Waals surface area contributed by atoms with Crippen LogP contribution < -0.4 is 10.2 Å². The Morgan fingerprint density at radius 2 is 1.56 bits per heavy atom. The third-order valence-electron chi connectivity index (χ3n) is 4.51. The number of rotatable bonds is 4. The Bertz CT molecular complexity index is 829. The molecule has 2 aromatic carbocycles. The highest BCUT2D eigenvalue weighted by atomic mass is 16.1. The molecule has 0 bridgehead atoms. The van der Waals surface area contributed by atoms with Crippen LogP contribution in [0.15, 0.2) is 59.7 Å². The molecule has 0 heterocycles. The van der Waals surface area contributed by atoms with Gasteiger partial charge in [0.05, 0.1) is 0 Å². The van der Waals surface area contributed by atoms with Gasteiger partial charge in [0.1, 0.15) is 0 Å². The van der Waals surface area contributed by atoms with Gasteiger partial charge in [-0.3, -0.25) is 4.79 Å². The van der Waals surface area contributed by atoms with Gasteiger partial charge in [0, 0.05) is 43.7 Å². The van der Waals surface area contributed by atoms with Crippen molar-refractivity contribution in [1.82, 2.24) is 0 Å². The van der Waals surface area contributed by atoms with E-state index in [1.54, 1.807) is 0 Å². The second-order valence-electron chi connectivity index (χ2n) is 6.53. The lowest BCUT2D eigenvalue weighted by Crippen LogP contribution is -2.07. The van der Waals surface area contributed by atoms with Crippen LogP contribution in [-0.4, -0.2) is 26.9 Å². The molecule has 1 N–H and O–H groups in total. The maximum atomic E-state index is 12.7. The molecule has 1 fully saturated rings. The molecule has 2 aromatic rings. The fourth-order valence-corrected chi connectivity index (χ4v) is 3.03. The Morgan fingerprint density at radius 1 is 0.920 bits per heavy atom. The molecule has 1 aliphatic carbocycles. The van der Waals surface area contributed by atoms with E-state index >= 15 is 0 Å². The number of carbonyl (C=O) groups is 1. The lowest BCUT2D eigenvalue weighted by atomic mass is 10.1. The van der Waals surface area contributed by atoms with Crippen LogP contribution in [0.3, 0.4) is 0 Å². The number of ketones is 1. The van der Waals surface area contributed by atoms with E-state index in [0.29, 0.717) is 0 Å². The molecule has 0 amide bonds. The molecule has 0 unspecified atom stereocenters. The Balaban J connectivity index is 1.80. The predicted octanol–water partition coefficient (Wildman–Crippen LogP) is 4.62. The number of nitrogens with zero attached hydrogens (tertiary/aromatic N) is 1. The number of carbonyl (C=O) groups excluding carboxylic acids is 1. The summed E-state index contributed by atoms with van der Waals surface area (Å²) in [6.45, 7) is 0. The van der Waals surface area contributed by atoms with Gasteiger partial charge in [-0.1, -0.05) is 24.3 Å². The molecule has 3 nitrogen and oxygen atoms in total. The van der Waals surface area contributed by atoms with Crippen LogP contribution in [0.2, 0.25) is 0 Å². The van der Waals surface area contributed by atoms with Crippen LogP contribution in [0.25, 0.3) is 12.2 Å². The van der Waals surface area contributed by atoms with Crippen molar-refractivity contribution in [3.05, 3.63) is 70.8 Å². The fourth-order valence-electron chi connectivity index (χ4n) is 3.03. The van der Waals surface area contributed by atoms with Crippen molar-refractivity contribution in [2.75, 3.05) is 31.4 Å². The molecule has 0 aromatic heterocycles. The first-order valence-corrected chi connectivity index (χ1v) is 8.58. The zero-order valence-corrected chi connectivity index (χ0v) is 15.0. The maximum Gasteiger partial charge on any atom is 0.185 e. The first kappa shape index (κ1) is 17.0. The van der Waals surface area contributed by atoms with Crippen molar-refractivity contribution in [3.8, 4) is 0 Å². The molecule has 1 aliphatic rings. The molecule has 0 aliphatic heterocycles. The number of hydrogen-bond acceptors (Lipinski definition) is 3. The van der Waals surface area contributed by atoms with Crippen molar-refractivity contribution in [2.24, 2.45) is 0 Å². The predicted molar refractivity (Wildman–Crippen MR) is 107 cm³/mol. The Hall–Kier alpha value is -2.81. The van der Waals surface area contributed by atoms with Gasteiger partial charge in [-0.25, -0.2) is 0 Å². The summed E-state index contributed by atoms with van der Waals surface area (Å²) in [6.07, 6.45) is 5.65. The Labute approximate surface area is 149 Å². The molecular weight excluding hydrogens is 308 g/mol. The zero-order valence-electron chi connectivity index (χ0n) is 15.0. The van der Waals surface area contributed by atoms with E-state index in [1.165, 1.54) is 0 Å². The maximum absolute atomic E-state index is 12.7. The van der Waals surface area contributed by atoms with Gasteiger partial charge in [-0.05, 0) is 60.4 Å². The number of benzene rings is 2. The van der Waals surface area contributed by atoms with E-state index in [9.17, 15) is 4.79 Å². The molecule has 3 rings (SSSR count). The minimum absolute atomic E-state index is 0.173. The van der Waals surface area contributed by atoms with E-state index in [2.05, 4.69) is 40.5 Å². The van der Waals surface area contributed by atoms with E-state index in [1.807, 2.05) is 51.5 Å². The second kappa shape index (κ2) is 7.39. The summed E-state index contributed by atoms with van der Waals surface area (Å²) in [5, 5.41) is 3.13. The van der Waals surface area contributed by atoms with Gasteiger partial charge in [0.15, 0.2) is 5.78 Å². The van der Waals surface area contributed by atoms with Gasteiger partial charge < -0.3 is 10.2 Å². The number of anilines is 2. The molecule has 0 radical (unpaired) electrons. The van der Waals surface area contributed by atoms with E-state index in [4.69, 9.17) is 0 Å². The van der Waals surface area contributed by atoms with Crippen LogP contribution >= 0.6 is 0 Å². The van der Waals surface area contributed by atoms with Gasteiger partial charge in [-0.15, -0.1) is 0 Å². The summed E-state index contributed by atoms with van der Waals surface area (Å²) in [6, 6.07) is 16.4. The zero-order chi connectivity index (χ0) is 17.8. The summed E-state index contributed by atoms with van der Waals surface area (Å²) in [5.74, 6) is 0.173. The Kier molecular flexibility index (Phi) is 5.03. The third kappa shape index (κ3) is 4.00. The summed E-state index contributed by atoms with van der Waals surface area (Å²) in [7, 11) is 5.94. The van der Waals surface area contributed by atoms with E-state index < -0.39 is 0 Å². The molecule has 25 heavy (non-hydrogen) atoms. The number of nitrogens with one attached hydrogen (secondary N) is 1. The van der Waals surface area contributed by atoms with Gasteiger partial charge >= 0.3 is 0 Å². The summed E-state index contributed by atoms with van der Waals surface area (Å²) < 4.78 is 0. The highest BCUT2D eigenvalue weighted by Crippen LogP contribution is 2.30. The van der Waals surface area contributed by atoms with Crippen LogP contribution in [0, 0.1) is 0 Å². The lowest BCUT2D eigenvalue weighted by molar-refractivity contribution is -0.111.